The minimum Gasteiger partial charge on any atom is -0.369 e. The molecule has 1 aliphatic rings. The summed E-state index contributed by atoms with van der Waals surface area (Å²) in [7, 11) is 0. The smallest absolute Gasteiger partial charge is 0.321 e. The van der Waals surface area contributed by atoms with Crippen LogP contribution in [0.4, 0.5) is 14.9 Å². The van der Waals surface area contributed by atoms with Gasteiger partial charge in [-0.3, -0.25) is 4.79 Å². The second-order valence-electron chi connectivity index (χ2n) is 4.62. The monoisotopic (exact) mass is 265 g/mol. The van der Waals surface area contributed by atoms with Gasteiger partial charge in [0.25, 0.3) is 0 Å². The molecule has 5 nitrogen and oxygen atoms in total. The summed E-state index contributed by atoms with van der Waals surface area (Å²) in [5.41, 5.74) is 5.78. The molecule has 0 aromatic heterocycles. The fraction of sp³-hybridized carbons (Fsp3) is 0.385. The van der Waals surface area contributed by atoms with E-state index in [1.54, 1.807) is 4.90 Å². The van der Waals surface area contributed by atoms with Gasteiger partial charge in [-0.2, -0.15) is 0 Å². The molecule has 0 spiro atoms. The highest BCUT2D eigenvalue weighted by atomic mass is 19.1. The van der Waals surface area contributed by atoms with Gasteiger partial charge < -0.3 is 16.0 Å². The second-order valence-corrected chi connectivity index (χ2v) is 4.62. The number of primary amides is 1. The number of halogens is 1. The van der Waals surface area contributed by atoms with E-state index in [4.69, 9.17) is 5.73 Å². The molecule has 3 N–H and O–H groups in total. The van der Waals surface area contributed by atoms with Gasteiger partial charge in [0.15, 0.2) is 0 Å². The number of carbonyl (C=O) groups is 2. The summed E-state index contributed by atoms with van der Waals surface area (Å²) in [5.74, 6) is -1.02. The van der Waals surface area contributed by atoms with Gasteiger partial charge in [0.2, 0.25) is 5.91 Å². The first-order chi connectivity index (χ1) is 9.06. The maximum atomic E-state index is 12.7. The first kappa shape index (κ1) is 13.3. The van der Waals surface area contributed by atoms with Crippen LogP contribution in [-0.2, 0) is 4.79 Å². The van der Waals surface area contributed by atoms with E-state index < -0.39 is 0 Å². The number of benzene rings is 1. The van der Waals surface area contributed by atoms with Crippen LogP contribution in [0.3, 0.4) is 0 Å². The summed E-state index contributed by atoms with van der Waals surface area (Å²) in [5, 5.41) is 2.67. The highest BCUT2D eigenvalue weighted by Gasteiger charge is 2.26. The number of anilines is 1. The van der Waals surface area contributed by atoms with E-state index in [2.05, 4.69) is 5.32 Å². The zero-order chi connectivity index (χ0) is 13.8. The lowest BCUT2D eigenvalue weighted by Crippen LogP contribution is -2.45. The normalized spacial score (nSPS) is 19.0. The fourth-order valence-electron chi connectivity index (χ4n) is 2.13. The summed E-state index contributed by atoms with van der Waals surface area (Å²) in [6, 6.07) is 5.24. The summed E-state index contributed by atoms with van der Waals surface area (Å²) in [4.78, 5) is 24.7. The maximum absolute atomic E-state index is 12.7. The number of amides is 3. The van der Waals surface area contributed by atoms with Gasteiger partial charge in [-0.1, -0.05) is 0 Å². The van der Waals surface area contributed by atoms with Crippen LogP contribution in [0.25, 0.3) is 0 Å². The molecule has 1 heterocycles. The van der Waals surface area contributed by atoms with E-state index >= 15 is 0 Å². The lowest BCUT2D eigenvalue weighted by atomic mass is 9.98. The molecule has 1 saturated heterocycles. The van der Waals surface area contributed by atoms with E-state index in [0.717, 1.165) is 12.8 Å². The lowest BCUT2D eigenvalue weighted by Gasteiger charge is -2.31. The molecule has 19 heavy (non-hydrogen) atoms. The average Bonchev–Trinajstić information content (AvgIpc) is 2.41. The molecular weight excluding hydrogens is 249 g/mol. The highest BCUT2D eigenvalue weighted by Crippen LogP contribution is 2.17. The van der Waals surface area contributed by atoms with Crippen molar-refractivity contribution >= 4 is 17.6 Å². The molecule has 102 valence electrons. The van der Waals surface area contributed by atoms with Crippen LogP contribution < -0.4 is 11.1 Å². The van der Waals surface area contributed by atoms with E-state index in [9.17, 15) is 14.0 Å². The van der Waals surface area contributed by atoms with Gasteiger partial charge in [-0.05, 0) is 37.1 Å². The number of piperidine rings is 1. The standard InChI is InChI=1S/C13H16FN3O2/c14-10-3-5-11(6-4-10)16-13(19)17-7-1-2-9(8-17)12(15)18/h3-6,9H,1-2,7-8H2,(H2,15,18)(H,16,19)/t9-/m1/s1. The van der Waals surface area contributed by atoms with Crippen molar-refractivity contribution in [3.63, 3.8) is 0 Å². The Morgan fingerprint density at radius 1 is 1.32 bits per heavy atom. The summed E-state index contributed by atoms with van der Waals surface area (Å²) >= 11 is 0. The number of nitrogens with two attached hydrogens (primary N) is 1. The summed E-state index contributed by atoms with van der Waals surface area (Å²) < 4.78 is 12.7. The predicted molar refractivity (Wildman–Crippen MR) is 68.9 cm³/mol. The van der Waals surface area contributed by atoms with Crippen molar-refractivity contribution < 1.29 is 14.0 Å². The van der Waals surface area contributed by atoms with Gasteiger partial charge in [0.1, 0.15) is 5.82 Å². The van der Waals surface area contributed by atoms with Gasteiger partial charge in [0, 0.05) is 18.8 Å². The third kappa shape index (κ3) is 3.43. The Morgan fingerprint density at radius 3 is 2.63 bits per heavy atom. The van der Waals surface area contributed by atoms with Crippen molar-refractivity contribution in [2.45, 2.75) is 12.8 Å². The van der Waals surface area contributed by atoms with E-state index in [1.165, 1.54) is 24.3 Å². The molecule has 0 saturated carbocycles. The molecule has 1 aromatic carbocycles. The van der Waals surface area contributed by atoms with Crippen LogP contribution in [0.2, 0.25) is 0 Å². The van der Waals surface area contributed by atoms with Crippen molar-refractivity contribution in [2.75, 3.05) is 18.4 Å². The van der Waals surface area contributed by atoms with Crippen LogP contribution in [0.15, 0.2) is 24.3 Å². The van der Waals surface area contributed by atoms with Gasteiger partial charge in [0.05, 0.1) is 5.92 Å². The number of nitrogens with zero attached hydrogens (tertiary/aromatic N) is 1. The number of nitrogens with one attached hydrogen (secondary N) is 1. The predicted octanol–water partition coefficient (Wildman–Crippen LogP) is 1.55. The van der Waals surface area contributed by atoms with Crippen LogP contribution >= 0.6 is 0 Å². The minimum atomic E-state index is -0.376. The second kappa shape index (κ2) is 5.69. The zero-order valence-corrected chi connectivity index (χ0v) is 10.4. The van der Waals surface area contributed by atoms with E-state index in [-0.39, 0.29) is 23.7 Å². The molecule has 1 fully saturated rings. The number of likely N-dealkylation sites (tertiary alicyclic amines) is 1. The molecule has 2 rings (SSSR count). The molecular formula is C13H16FN3O2. The third-order valence-electron chi connectivity index (χ3n) is 3.21. The number of hydrogen-bond acceptors (Lipinski definition) is 2. The average molecular weight is 265 g/mol. The molecule has 1 aromatic rings. The topological polar surface area (TPSA) is 75.4 Å². The first-order valence-electron chi connectivity index (χ1n) is 6.17. The molecule has 3 amide bonds. The Labute approximate surface area is 110 Å². The molecule has 0 bridgehead atoms. The number of urea groups is 1. The van der Waals surface area contributed by atoms with E-state index in [1.807, 2.05) is 0 Å². The first-order valence-corrected chi connectivity index (χ1v) is 6.17. The minimum absolute atomic E-state index is 0.285. The Kier molecular flexibility index (Phi) is 3.99. The molecule has 1 atom stereocenters. The third-order valence-corrected chi connectivity index (χ3v) is 3.21. The molecule has 0 radical (unpaired) electrons. The largest absolute Gasteiger partial charge is 0.369 e. The van der Waals surface area contributed by atoms with Crippen LogP contribution in [0, 0.1) is 11.7 Å². The lowest BCUT2D eigenvalue weighted by molar-refractivity contribution is -0.123. The van der Waals surface area contributed by atoms with Crippen molar-refractivity contribution in [2.24, 2.45) is 11.7 Å². The Morgan fingerprint density at radius 2 is 2.00 bits per heavy atom. The molecule has 0 unspecified atom stereocenters. The molecule has 6 heteroatoms. The SMILES string of the molecule is NC(=O)[C@@H]1CCCN(C(=O)Nc2ccc(F)cc2)C1. The van der Waals surface area contributed by atoms with Crippen molar-refractivity contribution in [1.82, 2.24) is 4.90 Å². The van der Waals surface area contributed by atoms with Crippen molar-refractivity contribution in [1.29, 1.82) is 0 Å². The number of rotatable bonds is 2. The van der Waals surface area contributed by atoms with Gasteiger partial charge >= 0.3 is 6.03 Å². The maximum Gasteiger partial charge on any atom is 0.321 e. The van der Waals surface area contributed by atoms with Gasteiger partial charge in [-0.15, -0.1) is 0 Å². The van der Waals surface area contributed by atoms with Crippen LogP contribution in [-0.4, -0.2) is 29.9 Å². The Balaban J connectivity index is 1.96. The van der Waals surface area contributed by atoms with Crippen LogP contribution in [0.1, 0.15) is 12.8 Å². The quantitative estimate of drug-likeness (QED) is 0.851. The summed E-state index contributed by atoms with van der Waals surface area (Å²) in [6.07, 6.45) is 1.47. The summed E-state index contributed by atoms with van der Waals surface area (Å²) in [6.45, 7) is 0.930. The zero-order valence-electron chi connectivity index (χ0n) is 10.4. The van der Waals surface area contributed by atoms with Gasteiger partial charge in [-0.25, -0.2) is 9.18 Å². The number of hydrogen-bond donors (Lipinski definition) is 2. The Bertz CT molecular complexity index is 475. The van der Waals surface area contributed by atoms with E-state index in [0.29, 0.717) is 18.8 Å². The van der Waals surface area contributed by atoms with Crippen molar-refractivity contribution in [3.05, 3.63) is 30.1 Å². The molecule has 1 aliphatic heterocycles. The molecule has 0 aliphatic carbocycles. The van der Waals surface area contributed by atoms with Crippen molar-refractivity contribution in [3.8, 4) is 0 Å². The number of carbonyl (C=O) groups excluding carboxylic acids is 2. The highest BCUT2D eigenvalue weighted by molar-refractivity contribution is 5.90. The fourth-order valence-corrected chi connectivity index (χ4v) is 2.13. The Hall–Kier alpha value is -2.11. The van der Waals surface area contributed by atoms with Crippen LogP contribution in [0.5, 0.6) is 0 Å².